The normalized spacial score (nSPS) is 19.0. The van der Waals surface area contributed by atoms with E-state index < -0.39 is 0 Å². The third-order valence-electron chi connectivity index (χ3n) is 3.85. The molecule has 0 spiro atoms. The first-order valence-electron chi connectivity index (χ1n) is 7.32. The summed E-state index contributed by atoms with van der Waals surface area (Å²) in [5.74, 6) is 0.910. The number of carbonyl (C=O) groups excluding carboxylic acids is 1. The van der Waals surface area contributed by atoms with E-state index in [0.717, 1.165) is 26.2 Å². The highest BCUT2D eigenvalue weighted by atomic mass is 35.5. The van der Waals surface area contributed by atoms with Gasteiger partial charge in [0, 0.05) is 18.5 Å². The molecule has 1 fully saturated rings. The van der Waals surface area contributed by atoms with Crippen molar-refractivity contribution >= 4 is 29.7 Å². The highest BCUT2D eigenvalue weighted by molar-refractivity contribution is 7.09. The number of likely N-dealkylation sites (N-methyl/N-ethyl adjacent to an activating group) is 1. The second-order valence-electron chi connectivity index (χ2n) is 5.63. The van der Waals surface area contributed by atoms with Crippen LogP contribution in [0.15, 0.2) is 17.5 Å². The van der Waals surface area contributed by atoms with Gasteiger partial charge in [-0.05, 0) is 50.3 Å². The van der Waals surface area contributed by atoms with Crippen molar-refractivity contribution in [3.05, 3.63) is 22.4 Å². The number of amides is 1. The van der Waals surface area contributed by atoms with Crippen LogP contribution in [0.25, 0.3) is 0 Å². The zero-order valence-electron chi connectivity index (χ0n) is 12.9. The maximum atomic E-state index is 12.3. The molecule has 0 radical (unpaired) electrons. The van der Waals surface area contributed by atoms with E-state index in [1.165, 1.54) is 17.7 Å². The van der Waals surface area contributed by atoms with Crippen molar-refractivity contribution in [1.82, 2.24) is 15.1 Å². The van der Waals surface area contributed by atoms with Gasteiger partial charge in [0.05, 0.1) is 13.1 Å². The Labute approximate surface area is 137 Å². The summed E-state index contributed by atoms with van der Waals surface area (Å²) in [6.07, 6.45) is 2.48. The zero-order chi connectivity index (χ0) is 14.4. The molecule has 0 bridgehead atoms. The molecule has 6 heteroatoms. The Hall–Kier alpha value is -0.620. The van der Waals surface area contributed by atoms with Crippen LogP contribution in [0.2, 0.25) is 0 Å². The van der Waals surface area contributed by atoms with Crippen LogP contribution in [0, 0.1) is 5.92 Å². The highest BCUT2D eigenvalue weighted by Crippen LogP contribution is 2.16. The highest BCUT2D eigenvalue weighted by Gasteiger charge is 2.22. The summed E-state index contributed by atoms with van der Waals surface area (Å²) in [6.45, 7) is 4.43. The average molecular weight is 332 g/mol. The van der Waals surface area contributed by atoms with Gasteiger partial charge in [-0.15, -0.1) is 23.7 Å². The first-order valence-corrected chi connectivity index (χ1v) is 8.20. The van der Waals surface area contributed by atoms with Crippen LogP contribution in [-0.4, -0.2) is 56.0 Å². The number of hydrogen-bond acceptors (Lipinski definition) is 4. The van der Waals surface area contributed by atoms with Crippen LogP contribution in [0.4, 0.5) is 0 Å². The molecule has 1 aliphatic heterocycles. The molecule has 1 amide bonds. The third-order valence-corrected chi connectivity index (χ3v) is 4.71. The van der Waals surface area contributed by atoms with Crippen LogP contribution in [0.3, 0.4) is 0 Å². The van der Waals surface area contributed by atoms with Gasteiger partial charge in [0.15, 0.2) is 0 Å². The van der Waals surface area contributed by atoms with Gasteiger partial charge >= 0.3 is 0 Å². The molecule has 1 aliphatic rings. The molecule has 21 heavy (non-hydrogen) atoms. The minimum absolute atomic E-state index is 0. The van der Waals surface area contributed by atoms with E-state index in [9.17, 15) is 4.79 Å². The maximum Gasteiger partial charge on any atom is 0.236 e. The molecule has 4 nitrogen and oxygen atoms in total. The molecule has 1 aromatic heterocycles. The Morgan fingerprint density at radius 2 is 2.38 bits per heavy atom. The summed E-state index contributed by atoms with van der Waals surface area (Å²) >= 11 is 1.71. The summed E-state index contributed by atoms with van der Waals surface area (Å²) in [5.41, 5.74) is 0. The van der Waals surface area contributed by atoms with Crippen molar-refractivity contribution in [3.8, 4) is 0 Å². The number of thiophene rings is 1. The number of hydrogen-bond donors (Lipinski definition) is 1. The number of nitrogens with one attached hydrogen (secondary N) is 1. The summed E-state index contributed by atoms with van der Waals surface area (Å²) in [6, 6.07) is 4.11. The number of halogens is 1. The van der Waals surface area contributed by atoms with Gasteiger partial charge in [-0.2, -0.15) is 0 Å². The first-order chi connectivity index (χ1) is 9.69. The number of rotatable bonds is 6. The van der Waals surface area contributed by atoms with Gasteiger partial charge in [-0.3, -0.25) is 9.69 Å². The largest absolute Gasteiger partial charge is 0.340 e. The predicted octanol–water partition coefficient (Wildman–Crippen LogP) is 2.06. The molecule has 1 unspecified atom stereocenters. The summed E-state index contributed by atoms with van der Waals surface area (Å²) in [4.78, 5) is 17.7. The molecule has 2 rings (SSSR count). The smallest absolute Gasteiger partial charge is 0.236 e. The van der Waals surface area contributed by atoms with Crippen molar-refractivity contribution in [2.45, 2.75) is 19.4 Å². The van der Waals surface area contributed by atoms with Crippen LogP contribution in [-0.2, 0) is 11.3 Å². The van der Waals surface area contributed by atoms with Crippen molar-refractivity contribution in [1.29, 1.82) is 0 Å². The zero-order valence-corrected chi connectivity index (χ0v) is 14.5. The first kappa shape index (κ1) is 18.4. The Bertz CT molecular complexity index is 411. The van der Waals surface area contributed by atoms with Gasteiger partial charge in [0.25, 0.3) is 0 Å². The van der Waals surface area contributed by atoms with Gasteiger partial charge in [0.2, 0.25) is 5.91 Å². The molecule has 1 atom stereocenters. The van der Waals surface area contributed by atoms with E-state index in [4.69, 9.17) is 0 Å². The molecule has 0 aliphatic carbocycles. The molecule has 120 valence electrons. The third kappa shape index (κ3) is 5.94. The lowest BCUT2D eigenvalue weighted by Gasteiger charge is -2.33. The molecular weight excluding hydrogens is 306 g/mol. The Balaban J connectivity index is 0.00000220. The SMILES string of the molecule is CNCC1CCCN(CC(=O)N(C)Cc2cccs2)C1.Cl. The Morgan fingerprint density at radius 1 is 1.57 bits per heavy atom. The molecule has 1 aromatic rings. The molecule has 2 heterocycles. The van der Waals surface area contributed by atoms with E-state index in [1.54, 1.807) is 11.3 Å². The standard InChI is InChI=1S/C15H25N3OS.ClH/c1-16-9-13-5-3-7-18(10-13)12-15(19)17(2)11-14-6-4-8-20-14;/h4,6,8,13,16H,3,5,7,9-12H2,1-2H3;1H. The monoisotopic (exact) mass is 331 g/mol. The van der Waals surface area contributed by atoms with Gasteiger partial charge < -0.3 is 10.2 Å². The molecule has 0 aromatic carbocycles. The second-order valence-corrected chi connectivity index (χ2v) is 6.66. The number of carbonyl (C=O) groups is 1. The van der Waals surface area contributed by atoms with Crippen molar-refractivity contribution in [3.63, 3.8) is 0 Å². The van der Waals surface area contributed by atoms with E-state index in [1.807, 2.05) is 25.1 Å². The van der Waals surface area contributed by atoms with E-state index in [-0.39, 0.29) is 18.3 Å². The van der Waals surface area contributed by atoms with Crippen molar-refractivity contribution in [2.75, 3.05) is 40.3 Å². The average Bonchev–Trinajstić information content (AvgIpc) is 2.92. The van der Waals surface area contributed by atoms with Gasteiger partial charge in [-0.1, -0.05) is 6.07 Å². The summed E-state index contributed by atoms with van der Waals surface area (Å²) in [5, 5.41) is 5.30. The topological polar surface area (TPSA) is 35.6 Å². The molecule has 0 saturated carbocycles. The quantitative estimate of drug-likeness (QED) is 0.866. The Kier molecular flexibility index (Phi) is 8.26. The Morgan fingerprint density at radius 3 is 3.05 bits per heavy atom. The number of piperidine rings is 1. The maximum absolute atomic E-state index is 12.3. The van der Waals surface area contributed by atoms with Crippen LogP contribution < -0.4 is 5.32 Å². The van der Waals surface area contributed by atoms with Crippen LogP contribution in [0.5, 0.6) is 0 Å². The van der Waals surface area contributed by atoms with Crippen molar-refractivity contribution in [2.24, 2.45) is 5.92 Å². The number of nitrogens with zero attached hydrogens (tertiary/aromatic N) is 2. The van der Waals surface area contributed by atoms with Crippen LogP contribution >= 0.6 is 23.7 Å². The van der Waals surface area contributed by atoms with E-state index in [2.05, 4.69) is 21.7 Å². The van der Waals surface area contributed by atoms with E-state index >= 15 is 0 Å². The fourth-order valence-electron chi connectivity index (χ4n) is 2.79. The van der Waals surface area contributed by atoms with Gasteiger partial charge in [-0.25, -0.2) is 0 Å². The molecule has 1 N–H and O–H groups in total. The summed E-state index contributed by atoms with van der Waals surface area (Å²) < 4.78 is 0. The van der Waals surface area contributed by atoms with E-state index in [0.29, 0.717) is 12.5 Å². The van der Waals surface area contributed by atoms with Gasteiger partial charge in [0.1, 0.15) is 0 Å². The molecular formula is C15H26ClN3OS. The minimum Gasteiger partial charge on any atom is -0.340 e. The fraction of sp³-hybridized carbons (Fsp3) is 0.667. The predicted molar refractivity (Wildman–Crippen MR) is 91.1 cm³/mol. The lowest BCUT2D eigenvalue weighted by molar-refractivity contribution is -0.132. The number of likely N-dealkylation sites (tertiary alicyclic amines) is 1. The second kappa shape index (κ2) is 9.41. The molecule has 1 saturated heterocycles. The lowest BCUT2D eigenvalue weighted by atomic mass is 9.98. The fourth-order valence-corrected chi connectivity index (χ4v) is 3.54. The van der Waals surface area contributed by atoms with Crippen LogP contribution in [0.1, 0.15) is 17.7 Å². The minimum atomic E-state index is 0. The lowest BCUT2D eigenvalue weighted by Crippen LogP contribution is -2.44. The summed E-state index contributed by atoms with van der Waals surface area (Å²) in [7, 11) is 3.90. The van der Waals surface area contributed by atoms with Crippen molar-refractivity contribution < 1.29 is 4.79 Å².